The van der Waals surface area contributed by atoms with E-state index in [0.29, 0.717) is 36.0 Å². The van der Waals surface area contributed by atoms with Crippen molar-refractivity contribution in [2.45, 2.75) is 13.5 Å². The fraction of sp³-hybridized carbons (Fsp3) is 0.150. The SMILES string of the molecule is CCOc1cncc(-c2cccc(C(=O)NCc3cccc(N)c3)c2)n1. The maximum absolute atomic E-state index is 12.5. The van der Waals surface area contributed by atoms with Gasteiger partial charge in [0.05, 0.1) is 24.7 Å². The van der Waals surface area contributed by atoms with E-state index in [0.717, 1.165) is 11.1 Å². The maximum atomic E-state index is 12.5. The normalized spacial score (nSPS) is 10.3. The number of ether oxygens (including phenoxy) is 1. The Morgan fingerprint density at radius 2 is 2.00 bits per heavy atom. The van der Waals surface area contributed by atoms with Gasteiger partial charge in [0.15, 0.2) is 0 Å². The Kier molecular flexibility index (Phi) is 5.43. The Bertz CT molecular complexity index is 912. The molecule has 0 aliphatic rings. The molecule has 1 amide bonds. The van der Waals surface area contributed by atoms with E-state index in [2.05, 4.69) is 15.3 Å². The molecule has 132 valence electrons. The van der Waals surface area contributed by atoms with Crippen molar-refractivity contribution in [2.75, 3.05) is 12.3 Å². The Balaban J connectivity index is 1.74. The maximum Gasteiger partial charge on any atom is 0.251 e. The molecule has 1 heterocycles. The summed E-state index contributed by atoms with van der Waals surface area (Å²) in [4.78, 5) is 21.0. The van der Waals surface area contributed by atoms with Gasteiger partial charge in [-0.05, 0) is 36.8 Å². The minimum atomic E-state index is -0.164. The molecule has 0 saturated heterocycles. The Morgan fingerprint density at radius 3 is 2.81 bits per heavy atom. The monoisotopic (exact) mass is 348 g/mol. The van der Waals surface area contributed by atoms with E-state index in [1.165, 1.54) is 0 Å². The van der Waals surface area contributed by atoms with Gasteiger partial charge < -0.3 is 15.8 Å². The van der Waals surface area contributed by atoms with Crippen LogP contribution in [0.3, 0.4) is 0 Å². The third-order valence-electron chi connectivity index (χ3n) is 3.73. The first kappa shape index (κ1) is 17.4. The zero-order valence-electron chi connectivity index (χ0n) is 14.5. The third kappa shape index (κ3) is 4.36. The quantitative estimate of drug-likeness (QED) is 0.668. The zero-order valence-corrected chi connectivity index (χ0v) is 14.5. The van der Waals surface area contributed by atoms with Crippen molar-refractivity contribution in [1.82, 2.24) is 15.3 Å². The highest BCUT2D eigenvalue weighted by atomic mass is 16.5. The highest BCUT2D eigenvalue weighted by Gasteiger charge is 2.09. The van der Waals surface area contributed by atoms with Crippen molar-refractivity contribution < 1.29 is 9.53 Å². The standard InChI is InChI=1S/C20H20N4O2/c1-2-26-19-13-22-12-18(24-19)15-6-4-7-16(10-15)20(25)23-11-14-5-3-8-17(21)9-14/h3-10,12-13H,2,11,21H2,1H3,(H,23,25). The molecular formula is C20H20N4O2. The number of carbonyl (C=O) groups excluding carboxylic acids is 1. The lowest BCUT2D eigenvalue weighted by molar-refractivity contribution is 0.0951. The largest absolute Gasteiger partial charge is 0.477 e. The van der Waals surface area contributed by atoms with Crippen LogP contribution < -0.4 is 15.8 Å². The van der Waals surface area contributed by atoms with E-state index in [4.69, 9.17) is 10.5 Å². The number of nitrogens with zero attached hydrogens (tertiary/aromatic N) is 2. The smallest absolute Gasteiger partial charge is 0.251 e. The first-order chi connectivity index (χ1) is 12.7. The average Bonchev–Trinajstić information content (AvgIpc) is 2.67. The first-order valence-electron chi connectivity index (χ1n) is 8.33. The van der Waals surface area contributed by atoms with Crippen molar-refractivity contribution in [3.8, 4) is 17.1 Å². The summed E-state index contributed by atoms with van der Waals surface area (Å²) in [5.41, 5.74) is 9.39. The van der Waals surface area contributed by atoms with Crippen LogP contribution in [0.25, 0.3) is 11.3 Å². The predicted molar refractivity (Wildman–Crippen MR) is 101 cm³/mol. The van der Waals surface area contributed by atoms with E-state index in [1.807, 2.05) is 43.3 Å². The van der Waals surface area contributed by atoms with Gasteiger partial charge in [0.25, 0.3) is 5.91 Å². The van der Waals surface area contributed by atoms with Gasteiger partial charge in [-0.3, -0.25) is 9.78 Å². The summed E-state index contributed by atoms with van der Waals surface area (Å²) in [5.74, 6) is 0.296. The number of hydrogen-bond donors (Lipinski definition) is 2. The molecule has 0 bridgehead atoms. The van der Waals surface area contributed by atoms with Gasteiger partial charge in [0.1, 0.15) is 0 Å². The van der Waals surface area contributed by atoms with Crippen LogP contribution in [-0.2, 0) is 6.54 Å². The Labute approximate surface area is 152 Å². The van der Waals surface area contributed by atoms with Gasteiger partial charge in [0, 0.05) is 23.4 Å². The molecule has 6 nitrogen and oxygen atoms in total. The molecule has 0 unspecified atom stereocenters. The average molecular weight is 348 g/mol. The van der Waals surface area contributed by atoms with Crippen molar-refractivity contribution in [1.29, 1.82) is 0 Å². The van der Waals surface area contributed by atoms with E-state index >= 15 is 0 Å². The lowest BCUT2D eigenvalue weighted by atomic mass is 10.1. The number of nitrogens with two attached hydrogens (primary N) is 1. The highest BCUT2D eigenvalue weighted by molar-refractivity contribution is 5.95. The molecule has 0 spiro atoms. The molecule has 1 aromatic heterocycles. The van der Waals surface area contributed by atoms with E-state index < -0.39 is 0 Å². The molecule has 6 heteroatoms. The Morgan fingerprint density at radius 1 is 1.15 bits per heavy atom. The second-order valence-corrected chi connectivity index (χ2v) is 5.68. The van der Waals surface area contributed by atoms with E-state index in [-0.39, 0.29) is 5.91 Å². The number of hydrogen-bond acceptors (Lipinski definition) is 5. The summed E-state index contributed by atoms with van der Waals surface area (Å²) in [6.45, 7) is 2.82. The number of benzene rings is 2. The zero-order chi connectivity index (χ0) is 18.4. The summed E-state index contributed by atoms with van der Waals surface area (Å²) in [5, 5.41) is 2.90. The fourth-order valence-electron chi connectivity index (χ4n) is 2.51. The van der Waals surface area contributed by atoms with E-state index in [9.17, 15) is 4.79 Å². The summed E-state index contributed by atoms with van der Waals surface area (Å²) < 4.78 is 5.38. The van der Waals surface area contributed by atoms with Crippen LogP contribution >= 0.6 is 0 Å². The number of amides is 1. The van der Waals surface area contributed by atoms with Crippen LogP contribution in [0.2, 0.25) is 0 Å². The van der Waals surface area contributed by atoms with Crippen molar-refractivity contribution in [3.05, 3.63) is 72.1 Å². The summed E-state index contributed by atoms with van der Waals surface area (Å²) in [7, 11) is 0. The van der Waals surface area contributed by atoms with Crippen LogP contribution in [0, 0.1) is 0 Å². The number of nitrogen functional groups attached to an aromatic ring is 1. The molecule has 2 aromatic carbocycles. The molecule has 0 aliphatic heterocycles. The number of carbonyl (C=O) groups is 1. The van der Waals surface area contributed by atoms with Crippen LogP contribution in [0.15, 0.2) is 60.9 Å². The van der Waals surface area contributed by atoms with Crippen molar-refractivity contribution in [2.24, 2.45) is 0 Å². The van der Waals surface area contributed by atoms with Crippen molar-refractivity contribution in [3.63, 3.8) is 0 Å². The third-order valence-corrected chi connectivity index (χ3v) is 3.73. The first-order valence-corrected chi connectivity index (χ1v) is 8.33. The van der Waals surface area contributed by atoms with E-state index in [1.54, 1.807) is 24.5 Å². The second-order valence-electron chi connectivity index (χ2n) is 5.68. The molecule has 0 saturated carbocycles. The van der Waals surface area contributed by atoms with Gasteiger partial charge in [-0.25, -0.2) is 4.98 Å². The molecule has 3 rings (SSSR count). The highest BCUT2D eigenvalue weighted by Crippen LogP contribution is 2.20. The van der Waals surface area contributed by atoms with Crippen LogP contribution in [-0.4, -0.2) is 22.5 Å². The van der Waals surface area contributed by atoms with Gasteiger partial charge in [-0.15, -0.1) is 0 Å². The van der Waals surface area contributed by atoms with Crippen LogP contribution in [0.5, 0.6) is 5.88 Å². The van der Waals surface area contributed by atoms with Gasteiger partial charge in [-0.2, -0.15) is 0 Å². The van der Waals surface area contributed by atoms with Gasteiger partial charge in [0.2, 0.25) is 5.88 Å². The second kappa shape index (κ2) is 8.11. The molecule has 26 heavy (non-hydrogen) atoms. The lowest BCUT2D eigenvalue weighted by Gasteiger charge is -2.08. The number of rotatable bonds is 6. The predicted octanol–water partition coefficient (Wildman–Crippen LogP) is 3.05. The molecular weight excluding hydrogens is 328 g/mol. The Hall–Kier alpha value is -3.41. The molecule has 3 N–H and O–H groups in total. The lowest BCUT2D eigenvalue weighted by Crippen LogP contribution is -2.22. The fourth-order valence-corrected chi connectivity index (χ4v) is 2.51. The molecule has 0 radical (unpaired) electrons. The molecule has 0 fully saturated rings. The topological polar surface area (TPSA) is 90.1 Å². The minimum absolute atomic E-state index is 0.164. The summed E-state index contributed by atoms with van der Waals surface area (Å²) in [6, 6.07) is 14.7. The van der Waals surface area contributed by atoms with Crippen molar-refractivity contribution >= 4 is 11.6 Å². The van der Waals surface area contributed by atoms with Crippen LogP contribution in [0.1, 0.15) is 22.8 Å². The van der Waals surface area contributed by atoms with Gasteiger partial charge >= 0.3 is 0 Å². The molecule has 0 atom stereocenters. The molecule has 3 aromatic rings. The number of aromatic nitrogens is 2. The number of nitrogens with one attached hydrogen (secondary N) is 1. The minimum Gasteiger partial charge on any atom is -0.477 e. The van der Waals surface area contributed by atoms with Crippen LogP contribution in [0.4, 0.5) is 5.69 Å². The summed E-state index contributed by atoms with van der Waals surface area (Å²) in [6.07, 6.45) is 3.21. The molecule has 0 aliphatic carbocycles. The number of anilines is 1. The summed E-state index contributed by atoms with van der Waals surface area (Å²) >= 11 is 0. The van der Waals surface area contributed by atoms with Gasteiger partial charge in [-0.1, -0.05) is 24.3 Å².